The smallest absolute Gasteiger partial charge is 0.0396 e. The number of hydrogen-bond acceptors (Lipinski definition) is 1. The standard InChI is InChI=1S/C21H27N/c1-16-11-12-19(21(15-16)22(2)3)14-13-18-9-6-8-17-7-4-5-10-20(17)18/h4-5,7,10-12,15,18H,6,8-9,13-14H2,1-3H3. The van der Waals surface area contributed by atoms with Gasteiger partial charge in [-0.3, -0.25) is 0 Å². The van der Waals surface area contributed by atoms with Crippen LogP contribution in [0.2, 0.25) is 0 Å². The maximum absolute atomic E-state index is 2.35. The van der Waals surface area contributed by atoms with Crippen molar-refractivity contribution in [2.24, 2.45) is 0 Å². The summed E-state index contributed by atoms with van der Waals surface area (Å²) >= 11 is 0. The number of hydrogen-bond donors (Lipinski definition) is 0. The number of fused-ring (bicyclic) bond motifs is 1. The predicted octanol–water partition coefficient (Wildman–Crippen LogP) is 5.11. The molecule has 1 aliphatic carbocycles. The van der Waals surface area contributed by atoms with Gasteiger partial charge in [-0.05, 0) is 73.3 Å². The molecule has 1 atom stereocenters. The van der Waals surface area contributed by atoms with Crippen molar-refractivity contribution in [3.63, 3.8) is 0 Å². The molecule has 116 valence electrons. The van der Waals surface area contributed by atoms with Crippen LogP contribution in [0.1, 0.15) is 47.4 Å². The van der Waals surface area contributed by atoms with Crippen LogP contribution in [0.4, 0.5) is 5.69 Å². The summed E-state index contributed by atoms with van der Waals surface area (Å²) in [6.45, 7) is 2.17. The van der Waals surface area contributed by atoms with E-state index in [2.05, 4.69) is 68.4 Å². The van der Waals surface area contributed by atoms with E-state index in [-0.39, 0.29) is 0 Å². The first kappa shape index (κ1) is 15.1. The summed E-state index contributed by atoms with van der Waals surface area (Å²) in [4.78, 5) is 2.25. The number of benzene rings is 2. The molecule has 0 N–H and O–H groups in total. The quantitative estimate of drug-likeness (QED) is 0.757. The van der Waals surface area contributed by atoms with E-state index >= 15 is 0 Å². The molecule has 0 spiro atoms. The lowest BCUT2D eigenvalue weighted by atomic mass is 9.80. The zero-order valence-electron chi connectivity index (χ0n) is 14.1. The molecular formula is C21H27N. The molecule has 0 amide bonds. The van der Waals surface area contributed by atoms with Crippen molar-refractivity contribution in [2.45, 2.75) is 44.9 Å². The first-order valence-corrected chi connectivity index (χ1v) is 8.50. The molecule has 3 rings (SSSR count). The van der Waals surface area contributed by atoms with Gasteiger partial charge in [0.05, 0.1) is 0 Å². The van der Waals surface area contributed by atoms with Crippen molar-refractivity contribution in [3.8, 4) is 0 Å². The summed E-state index contributed by atoms with van der Waals surface area (Å²) in [5, 5.41) is 0. The number of nitrogens with zero attached hydrogens (tertiary/aromatic N) is 1. The molecule has 0 radical (unpaired) electrons. The van der Waals surface area contributed by atoms with E-state index < -0.39 is 0 Å². The Bertz CT molecular complexity index is 642. The normalized spacial score (nSPS) is 17.1. The van der Waals surface area contributed by atoms with Gasteiger partial charge in [0, 0.05) is 19.8 Å². The Morgan fingerprint density at radius 2 is 1.91 bits per heavy atom. The van der Waals surface area contributed by atoms with Crippen molar-refractivity contribution >= 4 is 5.69 Å². The van der Waals surface area contributed by atoms with Crippen molar-refractivity contribution in [3.05, 3.63) is 64.7 Å². The third-order valence-corrected chi connectivity index (χ3v) is 4.98. The fourth-order valence-electron chi connectivity index (χ4n) is 3.79. The van der Waals surface area contributed by atoms with Gasteiger partial charge in [0.15, 0.2) is 0 Å². The highest BCUT2D eigenvalue weighted by Crippen LogP contribution is 2.35. The summed E-state index contributed by atoms with van der Waals surface area (Å²) in [7, 11) is 4.29. The molecule has 2 aromatic carbocycles. The molecule has 0 aliphatic heterocycles. The van der Waals surface area contributed by atoms with Crippen LogP contribution in [0.5, 0.6) is 0 Å². The Hall–Kier alpha value is -1.76. The van der Waals surface area contributed by atoms with E-state index in [1.54, 1.807) is 11.1 Å². The molecule has 22 heavy (non-hydrogen) atoms. The van der Waals surface area contributed by atoms with Gasteiger partial charge >= 0.3 is 0 Å². The molecule has 0 heterocycles. The van der Waals surface area contributed by atoms with Crippen molar-refractivity contribution < 1.29 is 0 Å². The highest BCUT2D eigenvalue weighted by molar-refractivity contribution is 5.54. The molecule has 0 saturated heterocycles. The molecule has 1 aliphatic rings. The Labute approximate surface area is 135 Å². The Morgan fingerprint density at radius 3 is 2.73 bits per heavy atom. The topological polar surface area (TPSA) is 3.24 Å². The second-order valence-corrected chi connectivity index (χ2v) is 6.85. The zero-order valence-corrected chi connectivity index (χ0v) is 14.1. The van der Waals surface area contributed by atoms with Crippen molar-refractivity contribution in [1.29, 1.82) is 0 Å². The van der Waals surface area contributed by atoms with Crippen LogP contribution in [0, 0.1) is 6.92 Å². The summed E-state index contributed by atoms with van der Waals surface area (Å²) in [5.74, 6) is 0.737. The summed E-state index contributed by atoms with van der Waals surface area (Å²) in [6.07, 6.45) is 6.39. The monoisotopic (exact) mass is 293 g/mol. The molecule has 1 nitrogen and oxygen atoms in total. The summed E-state index contributed by atoms with van der Waals surface area (Å²) in [6, 6.07) is 15.9. The zero-order chi connectivity index (χ0) is 15.5. The highest BCUT2D eigenvalue weighted by atomic mass is 15.1. The number of anilines is 1. The van der Waals surface area contributed by atoms with Crippen molar-refractivity contribution in [2.75, 3.05) is 19.0 Å². The molecule has 0 saturated carbocycles. The molecular weight excluding hydrogens is 266 g/mol. The van der Waals surface area contributed by atoms with E-state index in [1.165, 1.54) is 48.9 Å². The first-order valence-electron chi connectivity index (χ1n) is 8.50. The van der Waals surface area contributed by atoms with E-state index in [0.717, 1.165) is 5.92 Å². The Morgan fingerprint density at radius 1 is 1.09 bits per heavy atom. The van der Waals surface area contributed by atoms with Crippen LogP contribution >= 0.6 is 0 Å². The molecule has 1 unspecified atom stereocenters. The third kappa shape index (κ3) is 3.19. The van der Waals surface area contributed by atoms with Crippen LogP contribution in [-0.4, -0.2) is 14.1 Å². The van der Waals surface area contributed by atoms with Crippen LogP contribution < -0.4 is 4.90 Å². The second kappa shape index (κ2) is 6.56. The van der Waals surface area contributed by atoms with E-state index in [4.69, 9.17) is 0 Å². The molecule has 0 bridgehead atoms. The average molecular weight is 293 g/mol. The molecule has 2 aromatic rings. The Balaban J connectivity index is 1.77. The lowest BCUT2D eigenvalue weighted by molar-refractivity contribution is 0.520. The number of rotatable bonds is 4. The predicted molar refractivity (Wildman–Crippen MR) is 95.9 cm³/mol. The third-order valence-electron chi connectivity index (χ3n) is 4.98. The van der Waals surface area contributed by atoms with Crippen molar-refractivity contribution in [1.82, 2.24) is 0 Å². The van der Waals surface area contributed by atoms with Gasteiger partial charge in [0.25, 0.3) is 0 Å². The molecule has 0 fully saturated rings. The lowest BCUT2D eigenvalue weighted by Gasteiger charge is -2.26. The van der Waals surface area contributed by atoms with Gasteiger partial charge in [-0.1, -0.05) is 36.4 Å². The van der Waals surface area contributed by atoms with Gasteiger partial charge in [-0.2, -0.15) is 0 Å². The SMILES string of the molecule is Cc1ccc(CCC2CCCc3ccccc32)c(N(C)C)c1. The van der Waals surface area contributed by atoms with Gasteiger partial charge in [0.1, 0.15) is 0 Å². The van der Waals surface area contributed by atoms with E-state index in [1.807, 2.05) is 0 Å². The summed E-state index contributed by atoms with van der Waals surface area (Å²) in [5.41, 5.74) is 7.39. The van der Waals surface area contributed by atoms with Gasteiger partial charge in [-0.25, -0.2) is 0 Å². The fourth-order valence-corrected chi connectivity index (χ4v) is 3.79. The van der Waals surface area contributed by atoms with E-state index in [9.17, 15) is 0 Å². The second-order valence-electron chi connectivity index (χ2n) is 6.85. The molecule has 0 aromatic heterocycles. The minimum absolute atomic E-state index is 0.737. The first-order chi connectivity index (χ1) is 10.6. The van der Waals surface area contributed by atoms with E-state index in [0.29, 0.717) is 0 Å². The minimum atomic E-state index is 0.737. The van der Waals surface area contributed by atoms with Crippen LogP contribution in [0.25, 0.3) is 0 Å². The van der Waals surface area contributed by atoms with Crippen LogP contribution in [0.15, 0.2) is 42.5 Å². The van der Waals surface area contributed by atoms with Gasteiger partial charge < -0.3 is 4.90 Å². The highest BCUT2D eigenvalue weighted by Gasteiger charge is 2.20. The lowest BCUT2D eigenvalue weighted by Crippen LogP contribution is -2.13. The largest absolute Gasteiger partial charge is 0.377 e. The van der Waals surface area contributed by atoms with Gasteiger partial charge in [0.2, 0.25) is 0 Å². The maximum atomic E-state index is 2.35. The average Bonchev–Trinajstić information content (AvgIpc) is 2.53. The minimum Gasteiger partial charge on any atom is -0.377 e. The van der Waals surface area contributed by atoms with Crippen LogP contribution in [-0.2, 0) is 12.8 Å². The Kier molecular flexibility index (Phi) is 4.52. The molecule has 1 heteroatoms. The van der Waals surface area contributed by atoms with Gasteiger partial charge in [-0.15, -0.1) is 0 Å². The number of aryl methyl sites for hydroxylation is 3. The summed E-state index contributed by atoms with van der Waals surface area (Å²) < 4.78 is 0. The maximum Gasteiger partial charge on any atom is 0.0396 e. The van der Waals surface area contributed by atoms with Crippen LogP contribution in [0.3, 0.4) is 0 Å². The fraction of sp³-hybridized carbons (Fsp3) is 0.429.